The van der Waals surface area contributed by atoms with Gasteiger partial charge in [0.15, 0.2) is 0 Å². The molecule has 0 heterocycles. The van der Waals surface area contributed by atoms with Crippen molar-refractivity contribution < 1.29 is 4.39 Å². The third kappa shape index (κ3) is 2.33. The smallest absolute Gasteiger partial charge is 0.123 e. The van der Waals surface area contributed by atoms with Crippen LogP contribution >= 0.6 is 0 Å². The van der Waals surface area contributed by atoms with Crippen LogP contribution in [-0.2, 0) is 0 Å². The molecule has 0 spiro atoms. The molecule has 0 aliphatic carbocycles. The molecule has 1 aromatic carbocycles. The van der Waals surface area contributed by atoms with E-state index in [9.17, 15) is 4.39 Å². The average Bonchev–Trinajstić information content (AvgIpc) is 2.05. The maximum absolute atomic E-state index is 12.7. The van der Waals surface area contributed by atoms with Crippen molar-refractivity contribution in [2.24, 2.45) is 0 Å². The van der Waals surface area contributed by atoms with Gasteiger partial charge in [-0.3, -0.25) is 0 Å². The Bertz CT molecular complexity index is 243. The van der Waals surface area contributed by atoms with Crippen LogP contribution in [0, 0.1) is 12.7 Å². The Hall–Kier alpha value is -0.850. The second-order valence-corrected chi connectivity index (χ2v) is 3.04. The van der Waals surface area contributed by atoms with Crippen LogP contribution < -0.4 is 0 Å². The van der Waals surface area contributed by atoms with Crippen molar-refractivity contribution >= 4 is 0 Å². The maximum Gasteiger partial charge on any atom is 0.123 e. The Morgan fingerprint density at radius 1 is 1.50 bits per heavy atom. The summed E-state index contributed by atoms with van der Waals surface area (Å²) in [5.74, 6) is 0.0583. The fraction of sp³-hybridized carbons (Fsp3) is 0.364. The molecule has 0 bridgehead atoms. The van der Waals surface area contributed by atoms with Crippen LogP contribution in [0.3, 0.4) is 0 Å². The van der Waals surface area contributed by atoms with Gasteiger partial charge in [0.1, 0.15) is 5.82 Å². The average molecular weight is 165 g/mol. The van der Waals surface area contributed by atoms with Gasteiger partial charge < -0.3 is 0 Å². The largest absolute Gasteiger partial charge is 0.207 e. The molecule has 0 saturated carbocycles. The molecular formula is C11H14F. The van der Waals surface area contributed by atoms with E-state index in [1.165, 1.54) is 6.07 Å². The minimum Gasteiger partial charge on any atom is -0.207 e. The summed E-state index contributed by atoms with van der Waals surface area (Å²) in [6, 6.07) is 6.68. The van der Waals surface area contributed by atoms with Gasteiger partial charge in [-0.25, -0.2) is 4.39 Å². The van der Waals surface area contributed by atoms with E-state index in [0.29, 0.717) is 0 Å². The standard InChI is InChI=1S/C11H14F/c1-3-5-9(2)10-6-4-7-11(12)8-10/h4,6-9H,2-3,5H2,1H3. The van der Waals surface area contributed by atoms with Gasteiger partial charge >= 0.3 is 0 Å². The Kier molecular flexibility index (Phi) is 3.27. The van der Waals surface area contributed by atoms with Crippen LogP contribution in [0.5, 0.6) is 0 Å². The first kappa shape index (κ1) is 9.24. The summed E-state index contributed by atoms with van der Waals surface area (Å²) in [5.41, 5.74) is 0.997. The normalized spacial score (nSPS) is 12.9. The van der Waals surface area contributed by atoms with Gasteiger partial charge in [-0.1, -0.05) is 25.5 Å². The Morgan fingerprint density at radius 2 is 2.25 bits per heavy atom. The van der Waals surface area contributed by atoms with E-state index in [2.05, 4.69) is 13.8 Å². The molecular weight excluding hydrogens is 151 g/mol. The summed E-state index contributed by atoms with van der Waals surface area (Å²) in [7, 11) is 0. The zero-order valence-electron chi connectivity index (χ0n) is 7.39. The Labute approximate surface area is 73.4 Å². The van der Waals surface area contributed by atoms with E-state index >= 15 is 0 Å². The molecule has 0 amide bonds. The molecule has 0 aromatic heterocycles. The van der Waals surface area contributed by atoms with Crippen molar-refractivity contribution in [1.29, 1.82) is 0 Å². The second-order valence-electron chi connectivity index (χ2n) is 3.04. The highest BCUT2D eigenvalue weighted by atomic mass is 19.1. The summed E-state index contributed by atoms with van der Waals surface area (Å²) in [6.45, 7) is 6.08. The van der Waals surface area contributed by atoms with Crippen LogP contribution in [-0.4, -0.2) is 0 Å². The zero-order valence-corrected chi connectivity index (χ0v) is 7.39. The molecule has 0 aliphatic rings. The monoisotopic (exact) mass is 165 g/mol. The molecule has 0 nitrogen and oxygen atoms in total. The van der Waals surface area contributed by atoms with E-state index in [4.69, 9.17) is 0 Å². The lowest BCUT2D eigenvalue weighted by molar-refractivity contribution is 0.620. The summed E-state index contributed by atoms with van der Waals surface area (Å²) in [5, 5.41) is 0. The van der Waals surface area contributed by atoms with Crippen LogP contribution in [0.1, 0.15) is 31.2 Å². The van der Waals surface area contributed by atoms with Crippen molar-refractivity contribution in [3.8, 4) is 0 Å². The number of hydrogen-bond acceptors (Lipinski definition) is 0. The topological polar surface area (TPSA) is 0 Å². The van der Waals surface area contributed by atoms with Gasteiger partial charge in [0.2, 0.25) is 0 Å². The van der Waals surface area contributed by atoms with Crippen molar-refractivity contribution in [1.82, 2.24) is 0 Å². The number of halogens is 1. The number of hydrogen-bond donors (Lipinski definition) is 0. The molecule has 1 aromatic rings. The van der Waals surface area contributed by atoms with Gasteiger partial charge in [0.05, 0.1) is 0 Å². The van der Waals surface area contributed by atoms with Crippen LogP contribution in [0.2, 0.25) is 0 Å². The van der Waals surface area contributed by atoms with Gasteiger partial charge in [-0.15, -0.1) is 0 Å². The molecule has 0 N–H and O–H groups in total. The third-order valence-corrected chi connectivity index (χ3v) is 1.96. The predicted molar refractivity (Wildman–Crippen MR) is 49.4 cm³/mol. The fourth-order valence-corrected chi connectivity index (χ4v) is 1.28. The maximum atomic E-state index is 12.7. The molecule has 1 atom stereocenters. The molecule has 0 fully saturated rings. The molecule has 1 heteroatoms. The summed E-state index contributed by atoms with van der Waals surface area (Å²) < 4.78 is 12.7. The van der Waals surface area contributed by atoms with E-state index in [-0.39, 0.29) is 11.7 Å². The zero-order chi connectivity index (χ0) is 8.97. The number of rotatable bonds is 3. The molecule has 1 radical (unpaired) electrons. The molecule has 0 saturated heterocycles. The highest BCUT2D eigenvalue weighted by molar-refractivity contribution is 5.21. The van der Waals surface area contributed by atoms with Crippen molar-refractivity contribution in [3.05, 3.63) is 42.6 Å². The fourth-order valence-electron chi connectivity index (χ4n) is 1.28. The minimum atomic E-state index is -0.169. The first-order chi connectivity index (χ1) is 5.74. The van der Waals surface area contributed by atoms with Gasteiger partial charge in [0, 0.05) is 0 Å². The van der Waals surface area contributed by atoms with Gasteiger partial charge in [-0.2, -0.15) is 0 Å². The third-order valence-electron chi connectivity index (χ3n) is 1.96. The van der Waals surface area contributed by atoms with Crippen LogP contribution in [0.25, 0.3) is 0 Å². The van der Waals surface area contributed by atoms with Crippen LogP contribution in [0.4, 0.5) is 4.39 Å². The lowest BCUT2D eigenvalue weighted by Crippen LogP contribution is -1.93. The van der Waals surface area contributed by atoms with Gasteiger partial charge in [0.25, 0.3) is 0 Å². The van der Waals surface area contributed by atoms with E-state index in [1.807, 2.05) is 6.07 Å². The quantitative estimate of drug-likeness (QED) is 0.642. The lowest BCUT2D eigenvalue weighted by Gasteiger charge is -2.09. The summed E-state index contributed by atoms with van der Waals surface area (Å²) in [4.78, 5) is 0. The predicted octanol–water partition coefficient (Wildman–Crippen LogP) is 3.54. The SMILES string of the molecule is [CH2]C(CCC)c1cccc(F)c1. The Morgan fingerprint density at radius 3 is 2.83 bits per heavy atom. The molecule has 12 heavy (non-hydrogen) atoms. The lowest BCUT2D eigenvalue weighted by atomic mass is 9.97. The highest BCUT2D eigenvalue weighted by Crippen LogP contribution is 2.20. The first-order valence-corrected chi connectivity index (χ1v) is 4.32. The summed E-state index contributed by atoms with van der Waals surface area (Å²) >= 11 is 0. The first-order valence-electron chi connectivity index (χ1n) is 4.32. The summed E-state index contributed by atoms with van der Waals surface area (Å²) in [6.07, 6.45) is 2.11. The molecule has 0 aliphatic heterocycles. The van der Waals surface area contributed by atoms with Crippen LogP contribution in [0.15, 0.2) is 24.3 Å². The van der Waals surface area contributed by atoms with E-state index in [0.717, 1.165) is 18.4 Å². The Balaban J connectivity index is 2.73. The second kappa shape index (κ2) is 4.24. The minimum absolute atomic E-state index is 0.169. The van der Waals surface area contributed by atoms with E-state index < -0.39 is 0 Å². The van der Waals surface area contributed by atoms with Crippen molar-refractivity contribution in [2.45, 2.75) is 25.7 Å². The molecule has 65 valence electrons. The molecule has 1 unspecified atom stereocenters. The highest BCUT2D eigenvalue weighted by Gasteiger charge is 2.04. The van der Waals surface area contributed by atoms with Crippen molar-refractivity contribution in [2.75, 3.05) is 0 Å². The van der Waals surface area contributed by atoms with Gasteiger partial charge in [-0.05, 0) is 37.0 Å². The van der Waals surface area contributed by atoms with Crippen molar-refractivity contribution in [3.63, 3.8) is 0 Å². The van der Waals surface area contributed by atoms with E-state index in [1.54, 1.807) is 12.1 Å². The molecule has 1 rings (SSSR count). The number of benzene rings is 1.